The van der Waals surface area contributed by atoms with Gasteiger partial charge in [-0.05, 0) is 61.3 Å². The van der Waals surface area contributed by atoms with E-state index < -0.39 is 0 Å². The second kappa shape index (κ2) is 15.3. The highest BCUT2D eigenvalue weighted by Gasteiger charge is 2.20. The molecule has 0 aliphatic rings. The van der Waals surface area contributed by atoms with Crippen LogP contribution in [0.5, 0.6) is 0 Å². The summed E-state index contributed by atoms with van der Waals surface area (Å²) >= 11 is 13.8. The van der Waals surface area contributed by atoms with Gasteiger partial charge in [-0.2, -0.15) is 0 Å². The monoisotopic (exact) mass is 542 g/mol. The highest BCUT2D eigenvalue weighted by molar-refractivity contribution is 8.00. The van der Waals surface area contributed by atoms with Gasteiger partial charge in [0.25, 0.3) is 0 Å². The summed E-state index contributed by atoms with van der Waals surface area (Å²) in [5.41, 5.74) is 8.22. The van der Waals surface area contributed by atoms with E-state index in [0.717, 1.165) is 40.6 Å². The predicted molar refractivity (Wildman–Crippen MR) is 154 cm³/mol. The van der Waals surface area contributed by atoms with E-state index in [4.69, 9.17) is 28.9 Å². The first-order valence-corrected chi connectivity index (χ1v) is 13.2. The maximum atomic E-state index is 11.5. The second-order valence-electron chi connectivity index (χ2n) is 7.90. The van der Waals surface area contributed by atoms with Gasteiger partial charge in [0.15, 0.2) is 5.16 Å². The smallest absolute Gasteiger partial charge is 0.221 e. The molecule has 0 saturated heterocycles. The quantitative estimate of drug-likeness (QED) is 0.202. The summed E-state index contributed by atoms with van der Waals surface area (Å²) in [5.74, 6) is 0.481. The fourth-order valence-electron chi connectivity index (χ4n) is 3.46. The Kier molecular flexibility index (Phi) is 12.5. The Labute approximate surface area is 228 Å². The lowest BCUT2D eigenvalue weighted by Crippen LogP contribution is -2.14. The Bertz CT molecular complexity index is 1190. The van der Waals surface area contributed by atoms with Crippen molar-refractivity contribution in [2.75, 3.05) is 0 Å². The van der Waals surface area contributed by atoms with Crippen LogP contribution >= 0.6 is 35.0 Å². The number of aryl methyl sites for hydroxylation is 1. The van der Waals surface area contributed by atoms with Crippen molar-refractivity contribution in [2.24, 2.45) is 5.73 Å². The van der Waals surface area contributed by atoms with Crippen molar-refractivity contribution in [3.8, 4) is 5.69 Å². The molecule has 190 valence electrons. The van der Waals surface area contributed by atoms with Gasteiger partial charge in [0.05, 0.1) is 6.42 Å². The van der Waals surface area contributed by atoms with Gasteiger partial charge < -0.3 is 5.73 Å². The van der Waals surface area contributed by atoms with E-state index in [2.05, 4.69) is 34.8 Å². The SMILES string of the molecule is C=C/C=C(Cl)\C=C/CC(Sc1nnc(CCC)n1-c1cccc(CC(N)=O)c1)C(/C=C\C(=C)Cl)=C/C. The van der Waals surface area contributed by atoms with Gasteiger partial charge in [0, 0.05) is 27.4 Å². The standard InChI is InChI=1S/C28H32Cl2N4OS/c1-5-10-23(30)13-9-15-25(22(7-3)17-16-20(4)29)36-28-33-32-27(11-6-2)34(28)24-14-8-12-21(18-24)19-26(31)35/h5,7-10,12-14,16-18,25H,1,4,6,11,15,19H2,2-3H3,(H2,31,35)/b13-9-,17-16-,22-7+,23-10+. The number of thioether (sulfide) groups is 1. The van der Waals surface area contributed by atoms with Gasteiger partial charge in [-0.3, -0.25) is 9.36 Å². The van der Waals surface area contributed by atoms with Gasteiger partial charge in [-0.25, -0.2) is 0 Å². The van der Waals surface area contributed by atoms with Crippen LogP contribution in [0, 0.1) is 0 Å². The van der Waals surface area contributed by atoms with Crippen LogP contribution in [0.4, 0.5) is 0 Å². The molecule has 0 spiro atoms. The molecule has 0 fully saturated rings. The Morgan fingerprint density at radius 1 is 1.25 bits per heavy atom. The minimum atomic E-state index is -0.374. The number of carbonyl (C=O) groups excluding carboxylic acids is 1. The largest absolute Gasteiger partial charge is 0.369 e. The van der Waals surface area contributed by atoms with Crippen molar-refractivity contribution in [3.05, 3.63) is 107 Å². The molecule has 5 nitrogen and oxygen atoms in total. The zero-order valence-corrected chi connectivity index (χ0v) is 23.0. The summed E-state index contributed by atoms with van der Waals surface area (Å²) in [6.45, 7) is 11.5. The van der Waals surface area contributed by atoms with Gasteiger partial charge >= 0.3 is 0 Å². The minimum absolute atomic E-state index is 0.00190. The average Bonchev–Trinajstić information content (AvgIpc) is 3.21. The number of rotatable bonds is 14. The van der Waals surface area contributed by atoms with E-state index in [0.29, 0.717) is 16.5 Å². The number of allylic oxidation sites excluding steroid dienone is 9. The van der Waals surface area contributed by atoms with Crippen molar-refractivity contribution in [1.82, 2.24) is 14.8 Å². The Morgan fingerprint density at radius 3 is 2.67 bits per heavy atom. The predicted octanol–water partition coefficient (Wildman–Crippen LogP) is 7.22. The molecule has 1 aromatic carbocycles. The molecule has 2 N–H and O–H groups in total. The maximum Gasteiger partial charge on any atom is 0.221 e. The third kappa shape index (κ3) is 9.34. The molecule has 0 bridgehead atoms. The number of carbonyl (C=O) groups is 1. The highest BCUT2D eigenvalue weighted by Crippen LogP contribution is 2.33. The lowest BCUT2D eigenvalue weighted by Gasteiger charge is -2.18. The van der Waals surface area contributed by atoms with Crippen LogP contribution in [0.15, 0.2) is 101 Å². The number of nitrogens with zero attached hydrogens (tertiary/aromatic N) is 3. The zero-order chi connectivity index (χ0) is 26.5. The van der Waals surface area contributed by atoms with Crippen LogP contribution in [-0.4, -0.2) is 25.9 Å². The Balaban J connectivity index is 2.51. The number of nitrogens with two attached hydrogens (primary N) is 1. The lowest BCUT2D eigenvalue weighted by atomic mass is 10.1. The van der Waals surface area contributed by atoms with Crippen LogP contribution < -0.4 is 5.73 Å². The molecule has 2 aromatic rings. The summed E-state index contributed by atoms with van der Waals surface area (Å²) in [6.07, 6.45) is 15.6. The van der Waals surface area contributed by atoms with Gasteiger partial charge in [0.2, 0.25) is 5.91 Å². The number of hydrogen-bond donors (Lipinski definition) is 1. The van der Waals surface area contributed by atoms with E-state index in [1.807, 2.05) is 55.5 Å². The van der Waals surface area contributed by atoms with Crippen molar-refractivity contribution >= 4 is 40.9 Å². The molecule has 1 aromatic heterocycles. The maximum absolute atomic E-state index is 11.5. The minimum Gasteiger partial charge on any atom is -0.369 e. The molecule has 2 rings (SSSR count). The van der Waals surface area contributed by atoms with Crippen LogP contribution in [0.2, 0.25) is 0 Å². The van der Waals surface area contributed by atoms with Gasteiger partial charge in [0.1, 0.15) is 5.82 Å². The number of benzene rings is 1. The summed E-state index contributed by atoms with van der Waals surface area (Å²) < 4.78 is 2.05. The van der Waals surface area contributed by atoms with Crippen molar-refractivity contribution in [3.63, 3.8) is 0 Å². The van der Waals surface area contributed by atoms with Crippen LogP contribution in [-0.2, 0) is 17.6 Å². The molecule has 0 saturated carbocycles. The first-order chi connectivity index (χ1) is 17.3. The second-order valence-corrected chi connectivity index (χ2v) is 9.99. The average molecular weight is 544 g/mol. The third-order valence-electron chi connectivity index (χ3n) is 5.03. The number of hydrogen-bond acceptors (Lipinski definition) is 4. The zero-order valence-electron chi connectivity index (χ0n) is 20.7. The summed E-state index contributed by atoms with van der Waals surface area (Å²) in [6, 6.07) is 7.75. The lowest BCUT2D eigenvalue weighted by molar-refractivity contribution is -0.117. The first kappa shape index (κ1) is 29.4. The fourth-order valence-corrected chi connectivity index (χ4v) is 4.91. The molecule has 0 radical (unpaired) electrons. The summed E-state index contributed by atoms with van der Waals surface area (Å²) in [7, 11) is 0. The van der Waals surface area contributed by atoms with Crippen molar-refractivity contribution < 1.29 is 4.79 Å². The molecule has 1 atom stereocenters. The van der Waals surface area contributed by atoms with Crippen LogP contribution in [0.3, 0.4) is 0 Å². The summed E-state index contributed by atoms with van der Waals surface area (Å²) in [5, 5.41) is 10.8. The number of aromatic nitrogens is 3. The highest BCUT2D eigenvalue weighted by atomic mass is 35.5. The fraction of sp³-hybridized carbons (Fsp3) is 0.250. The number of halogens is 2. The number of amides is 1. The first-order valence-electron chi connectivity index (χ1n) is 11.6. The Morgan fingerprint density at radius 2 is 2.03 bits per heavy atom. The molecule has 36 heavy (non-hydrogen) atoms. The Hall–Kier alpha value is -2.80. The molecule has 1 amide bonds. The van der Waals surface area contributed by atoms with E-state index in [9.17, 15) is 4.79 Å². The van der Waals surface area contributed by atoms with Crippen molar-refractivity contribution in [2.45, 2.75) is 49.9 Å². The van der Waals surface area contributed by atoms with Crippen LogP contribution in [0.1, 0.15) is 38.1 Å². The normalized spacial score (nSPS) is 13.4. The van der Waals surface area contributed by atoms with Crippen molar-refractivity contribution in [1.29, 1.82) is 0 Å². The van der Waals surface area contributed by atoms with Gasteiger partial charge in [-0.1, -0.05) is 91.5 Å². The van der Waals surface area contributed by atoms with E-state index in [-0.39, 0.29) is 17.6 Å². The molecule has 1 unspecified atom stereocenters. The molecule has 0 aliphatic carbocycles. The summed E-state index contributed by atoms with van der Waals surface area (Å²) in [4.78, 5) is 11.5. The molecular formula is C28H32Cl2N4OS. The third-order valence-corrected chi connectivity index (χ3v) is 6.64. The molecule has 0 aliphatic heterocycles. The molecule has 1 heterocycles. The van der Waals surface area contributed by atoms with E-state index in [1.54, 1.807) is 30.0 Å². The molecule has 8 heteroatoms. The molecular weight excluding hydrogens is 511 g/mol. The van der Waals surface area contributed by atoms with Gasteiger partial charge in [-0.15, -0.1) is 10.2 Å². The van der Waals surface area contributed by atoms with E-state index in [1.165, 1.54) is 0 Å². The van der Waals surface area contributed by atoms with Crippen LogP contribution in [0.25, 0.3) is 5.69 Å². The topological polar surface area (TPSA) is 73.8 Å². The number of primary amides is 1. The van der Waals surface area contributed by atoms with E-state index >= 15 is 0 Å².